The lowest BCUT2D eigenvalue weighted by atomic mass is 9.86. The molecule has 0 aliphatic heterocycles. The minimum absolute atomic E-state index is 0.124. The first-order chi connectivity index (χ1) is 10.1. The third kappa shape index (κ3) is 3.59. The van der Waals surface area contributed by atoms with Crippen molar-refractivity contribution in [3.8, 4) is 0 Å². The maximum Gasteiger partial charge on any atom is 0.233 e. The number of rotatable bonds is 5. The molecule has 0 bridgehead atoms. The molecule has 1 amide bonds. The van der Waals surface area contributed by atoms with Crippen LogP contribution < -0.4 is 5.32 Å². The van der Waals surface area contributed by atoms with Gasteiger partial charge in [-0.1, -0.05) is 31.5 Å². The zero-order valence-corrected chi connectivity index (χ0v) is 13.6. The Labute approximate surface area is 130 Å². The number of hydrogen-bond acceptors (Lipinski definition) is 4. The molecule has 1 heterocycles. The number of amides is 1. The number of aromatic nitrogens is 3. The van der Waals surface area contributed by atoms with Crippen molar-refractivity contribution in [1.82, 2.24) is 20.1 Å². The van der Waals surface area contributed by atoms with Crippen LogP contribution in [0.25, 0.3) is 0 Å². The Morgan fingerprint density at radius 2 is 2.14 bits per heavy atom. The monoisotopic (exact) mass is 308 g/mol. The number of carbonyl (C=O) groups is 1. The van der Waals surface area contributed by atoms with Gasteiger partial charge in [0.25, 0.3) is 0 Å². The summed E-state index contributed by atoms with van der Waals surface area (Å²) in [5, 5.41) is 12.1. The summed E-state index contributed by atoms with van der Waals surface area (Å²) in [6, 6.07) is 0.895. The minimum atomic E-state index is -0.124. The molecule has 1 aromatic heterocycles. The Hall–Kier alpha value is -1.04. The van der Waals surface area contributed by atoms with Crippen LogP contribution in [-0.4, -0.2) is 32.0 Å². The second-order valence-electron chi connectivity index (χ2n) is 6.39. The van der Waals surface area contributed by atoms with Gasteiger partial charge in [-0.25, -0.2) is 0 Å². The molecule has 2 fully saturated rings. The van der Waals surface area contributed by atoms with Crippen LogP contribution in [0.5, 0.6) is 0 Å². The van der Waals surface area contributed by atoms with E-state index >= 15 is 0 Å². The molecule has 0 radical (unpaired) electrons. The van der Waals surface area contributed by atoms with Crippen molar-refractivity contribution in [2.24, 2.45) is 5.92 Å². The van der Waals surface area contributed by atoms with E-state index in [2.05, 4.69) is 27.0 Å². The number of thioether (sulfide) groups is 1. The lowest BCUT2D eigenvalue weighted by molar-refractivity contribution is -0.121. The van der Waals surface area contributed by atoms with Crippen molar-refractivity contribution >= 4 is 17.7 Å². The van der Waals surface area contributed by atoms with Gasteiger partial charge in [0, 0.05) is 12.1 Å². The van der Waals surface area contributed by atoms with Gasteiger partial charge in [-0.3, -0.25) is 4.79 Å². The van der Waals surface area contributed by atoms with Crippen LogP contribution in [0, 0.1) is 5.92 Å². The SMILES string of the molecule is CC(Sc1nncn1C1CC1)C(=O)NC1CCCCC1C. The molecule has 0 spiro atoms. The summed E-state index contributed by atoms with van der Waals surface area (Å²) in [7, 11) is 0. The van der Waals surface area contributed by atoms with Crippen LogP contribution in [0.3, 0.4) is 0 Å². The van der Waals surface area contributed by atoms with Crippen molar-refractivity contribution in [3.63, 3.8) is 0 Å². The third-order valence-corrected chi connectivity index (χ3v) is 5.64. The Morgan fingerprint density at radius 1 is 1.38 bits per heavy atom. The molecule has 0 saturated heterocycles. The minimum Gasteiger partial charge on any atom is -0.352 e. The van der Waals surface area contributed by atoms with Gasteiger partial charge in [-0.05, 0) is 38.5 Å². The first kappa shape index (κ1) is 14.9. The molecule has 3 unspecified atom stereocenters. The second kappa shape index (κ2) is 6.38. The summed E-state index contributed by atoms with van der Waals surface area (Å²) in [6.07, 6.45) is 9.05. The predicted molar refractivity (Wildman–Crippen MR) is 83.2 cm³/mol. The first-order valence-corrected chi connectivity index (χ1v) is 8.89. The van der Waals surface area contributed by atoms with Gasteiger partial charge in [0.15, 0.2) is 5.16 Å². The largest absolute Gasteiger partial charge is 0.352 e. The van der Waals surface area contributed by atoms with E-state index in [1.165, 1.54) is 43.9 Å². The Morgan fingerprint density at radius 3 is 2.86 bits per heavy atom. The maximum absolute atomic E-state index is 12.4. The number of hydrogen-bond donors (Lipinski definition) is 1. The molecule has 0 aromatic carbocycles. The highest BCUT2D eigenvalue weighted by atomic mass is 32.2. The fourth-order valence-electron chi connectivity index (χ4n) is 2.96. The van der Waals surface area contributed by atoms with E-state index < -0.39 is 0 Å². The van der Waals surface area contributed by atoms with Crippen LogP contribution in [0.4, 0.5) is 0 Å². The molecule has 2 aliphatic carbocycles. The van der Waals surface area contributed by atoms with Gasteiger partial charge in [0.2, 0.25) is 5.91 Å². The lowest BCUT2D eigenvalue weighted by Gasteiger charge is -2.30. The van der Waals surface area contributed by atoms with Gasteiger partial charge in [0.1, 0.15) is 6.33 Å². The van der Waals surface area contributed by atoms with Crippen molar-refractivity contribution < 1.29 is 4.79 Å². The van der Waals surface area contributed by atoms with Crippen LogP contribution in [-0.2, 0) is 4.79 Å². The molecule has 3 atom stereocenters. The van der Waals surface area contributed by atoms with E-state index in [1.807, 2.05) is 6.92 Å². The fraction of sp³-hybridized carbons (Fsp3) is 0.800. The Balaban J connectivity index is 1.55. The lowest BCUT2D eigenvalue weighted by Crippen LogP contribution is -2.44. The fourth-order valence-corrected chi connectivity index (χ4v) is 3.87. The van der Waals surface area contributed by atoms with Crippen LogP contribution in [0.1, 0.15) is 58.4 Å². The summed E-state index contributed by atoms with van der Waals surface area (Å²) >= 11 is 1.52. The van der Waals surface area contributed by atoms with E-state index in [0.29, 0.717) is 18.0 Å². The second-order valence-corrected chi connectivity index (χ2v) is 7.70. The Bertz CT molecular complexity index is 500. The molecule has 3 rings (SSSR count). The number of nitrogens with one attached hydrogen (secondary N) is 1. The van der Waals surface area contributed by atoms with Crippen molar-refractivity contribution in [1.29, 1.82) is 0 Å². The average Bonchev–Trinajstić information content (AvgIpc) is 3.21. The number of carbonyl (C=O) groups excluding carboxylic acids is 1. The molecular formula is C15H24N4OS. The normalized spacial score (nSPS) is 27.3. The van der Waals surface area contributed by atoms with E-state index in [4.69, 9.17) is 0 Å². The van der Waals surface area contributed by atoms with Gasteiger partial charge < -0.3 is 9.88 Å². The molecule has 6 heteroatoms. The van der Waals surface area contributed by atoms with Gasteiger partial charge >= 0.3 is 0 Å². The highest BCUT2D eigenvalue weighted by molar-refractivity contribution is 8.00. The van der Waals surface area contributed by atoms with E-state index in [-0.39, 0.29) is 11.2 Å². The van der Waals surface area contributed by atoms with E-state index in [1.54, 1.807) is 6.33 Å². The summed E-state index contributed by atoms with van der Waals surface area (Å²) in [5.41, 5.74) is 0. The molecule has 5 nitrogen and oxygen atoms in total. The smallest absolute Gasteiger partial charge is 0.233 e. The standard InChI is InChI=1S/C15H24N4OS/c1-10-5-3-4-6-13(10)17-14(20)11(2)21-15-18-16-9-19(15)12-7-8-12/h9-13H,3-8H2,1-2H3,(H,17,20). The maximum atomic E-state index is 12.4. The quantitative estimate of drug-likeness (QED) is 0.850. The molecular weight excluding hydrogens is 284 g/mol. The van der Waals surface area contributed by atoms with E-state index in [0.717, 1.165) is 11.6 Å². The zero-order chi connectivity index (χ0) is 14.8. The molecule has 2 saturated carbocycles. The predicted octanol–water partition coefficient (Wildman–Crippen LogP) is 2.79. The van der Waals surface area contributed by atoms with Crippen LogP contribution in [0.15, 0.2) is 11.5 Å². The highest BCUT2D eigenvalue weighted by Crippen LogP contribution is 2.38. The summed E-state index contributed by atoms with van der Waals surface area (Å²) < 4.78 is 2.11. The van der Waals surface area contributed by atoms with Crippen LogP contribution in [0.2, 0.25) is 0 Å². The summed E-state index contributed by atoms with van der Waals surface area (Å²) in [6.45, 7) is 4.20. The molecule has 21 heavy (non-hydrogen) atoms. The topological polar surface area (TPSA) is 59.8 Å². The van der Waals surface area contributed by atoms with Gasteiger partial charge in [-0.2, -0.15) is 0 Å². The summed E-state index contributed by atoms with van der Waals surface area (Å²) in [4.78, 5) is 12.4. The van der Waals surface area contributed by atoms with Crippen LogP contribution >= 0.6 is 11.8 Å². The zero-order valence-electron chi connectivity index (χ0n) is 12.8. The van der Waals surface area contributed by atoms with Crippen molar-refractivity contribution in [2.75, 3.05) is 0 Å². The van der Waals surface area contributed by atoms with Gasteiger partial charge in [-0.15, -0.1) is 10.2 Å². The third-order valence-electron chi connectivity index (χ3n) is 4.57. The average molecular weight is 308 g/mol. The Kier molecular flexibility index (Phi) is 4.52. The molecule has 2 aliphatic rings. The highest BCUT2D eigenvalue weighted by Gasteiger charge is 2.29. The van der Waals surface area contributed by atoms with Crippen molar-refractivity contribution in [2.45, 2.75) is 74.9 Å². The number of nitrogens with zero attached hydrogens (tertiary/aromatic N) is 3. The molecule has 116 valence electrons. The molecule has 1 aromatic rings. The van der Waals surface area contributed by atoms with Crippen molar-refractivity contribution in [3.05, 3.63) is 6.33 Å². The first-order valence-electron chi connectivity index (χ1n) is 8.01. The summed E-state index contributed by atoms with van der Waals surface area (Å²) in [5.74, 6) is 0.721. The van der Waals surface area contributed by atoms with E-state index in [9.17, 15) is 4.79 Å². The molecule has 1 N–H and O–H groups in total. The van der Waals surface area contributed by atoms with Gasteiger partial charge in [0.05, 0.1) is 5.25 Å².